The van der Waals surface area contributed by atoms with Crippen LogP contribution < -0.4 is 5.32 Å². The number of hydrogen-bond donors (Lipinski definition) is 2. The van der Waals surface area contributed by atoms with Gasteiger partial charge in [-0.25, -0.2) is 4.98 Å². The highest BCUT2D eigenvalue weighted by Crippen LogP contribution is 2.39. The maximum atomic E-state index is 12.1. The van der Waals surface area contributed by atoms with E-state index >= 15 is 0 Å². The van der Waals surface area contributed by atoms with Crippen molar-refractivity contribution in [2.75, 3.05) is 6.61 Å². The van der Waals surface area contributed by atoms with Crippen LogP contribution in [-0.2, 0) is 11.2 Å². The molecule has 1 atom stereocenters. The molecule has 0 radical (unpaired) electrons. The molecule has 2 N–H and O–H groups in total. The van der Waals surface area contributed by atoms with Crippen molar-refractivity contribution in [3.63, 3.8) is 0 Å². The van der Waals surface area contributed by atoms with E-state index in [0.717, 1.165) is 18.4 Å². The number of carbonyl (C=O) groups excluding carboxylic acids is 1. The Morgan fingerprint density at radius 2 is 2.21 bits per heavy atom. The smallest absolute Gasteiger partial charge is 0.221 e. The van der Waals surface area contributed by atoms with E-state index in [1.807, 2.05) is 25.1 Å². The van der Waals surface area contributed by atoms with E-state index < -0.39 is 5.54 Å². The van der Waals surface area contributed by atoms with Crippen molar-refractivity contribution in [3.05, 3.63) is 41.4 Å². The lowest BCUT2D eigenvalue weighted by atomic mass is 9.96. The molecule has 0 aliphatic heterocycles. The first-order valence-electron chi connectivity index (χ1n) is 8.13. The summed E-state index contributed by atoms with van der Waals surface area (Å²) in [6.45, 7) is 1.85. The highest BCUT2D eigenvalue weighted by Gasteiger charge is 2.42. The molecule has 1 aliphatic carbocycles. The Bertz CT molecular complexity index is 727. The van der Waals surface area contributed by atoms with Crippen molar-refractivity contribution < 1.29 is 14.3 Å². The van der Waals surface area contributed by atoms with E-state index in [1.165, 1.54) is 0 Å². The van der Waals surface area contributed by atoms with Gasteiger partial charge in [0.2, 0.25) is 5.91 Å². The molecule has 24 heavy (non-hydrogen) atoms. The summed E-state index contributed by atoms with van der Waals surface area (Å²) in [6, 6.07) is 7.39. The van der Waals surface area contributed by atoms with Gasteiger partial charge in [-0.05, 0) is 37.8 Å². The van der Waals surface area contributed by atoms with Crippen LogP contribution in [0.3, 0.4) is 0 Å². The second-order valence-electron chi connectivity index (χ2n) is 6.50. The lowest BCUT2D eigenvalue weighted by Gasteiger charge is -2.28. The molecule has 1 aliphatic rings. The molecule has 1 aromatic heterocycles. The van der Waals surface area contributed by atoms with Crippen molar-refractivity contribution in [2.45, 2.75) is 38.1 Å². The van der Waals surface area contributed by atoms with Crippen LogP contribution in [-0.4, -0.2) is 28.1 Å². The topological polar surface area (TPSA) is 75.4 Å². The molecular formula is C18H21ClN2O3. The second-order valence-corrected chi connectivity index (χ2v) is 6.90. The van der Waals surface area contributed by atoms with E-state index in [4.69, 9.17) is 16.0 Å². The van der Waals surface area contributed by atoms with Gasteiger partial charge in [0.1, 0.15) is 0 Å². The Labute approximate surface area is 146 Å². The molecule has 6 heteroatoms. The Morgan fingerprint density at radius 3 is 2.88 bits per heavy atom. The Hall–Kier alpha value is -1.85. The molecule has 1 aromatic carbocycles. The predicted molar refractivity (Wildman–Crippen MR) is 91.6 cm³/mol. The highest BCUT2D eigenvalue weighted by molar-refractivity contribution is 6.33. The number of aryl methyl sites for hydroxylation is 1. The number of aliphatic hydroxyl groups is 1. The number of carbonyl (C=O) groups is 1. The van der Waals surface area contributed by atoms with Crippen LogP contribution in [0, 0.1) is 5.92 Å². The molecule has 0 bridgehead atoms. The molecule has 128 valence electrons. The number of aromatic nitrogens is 1. The van der Waals surface area contributed by atoms with Gasteiger partial charge in [0.25, 0.3) is 0 Å². The van der Waals surface area contributed by atoms with E-state index in [9.17, 15) is 9.90 Å². The van der Waals surface area contributed by atoms with Gasteiger partial charge >= 0.3 is 0 Å². The normalized spacial score (nSPS) is 16.6. The Morgan fingerprint density at radius 1 is 1.46 bits per heavy atom. The minimum atomic E-state index is -0.517. The third-order valence-corrected chi connectivity index (χ3v) is 4.82. The summed E-state index contributed by atoms with van der Waals surface area (Å²) in [5, 5.41) is 13.1. The number of benzene rings is 1. The minimum absolute atomic E-state index is 0.0426. The summed E-state index contributed by atoms with van der Waals surface area (Å²) in [7, 11) is 0. The number of nitrogens with zero attached hydrogens (tertiary/aromatic N) is 1. The highest BCUT2D eigenvalue weighted by atomic mass is 35.5. The summed E-state index contributed by atoms with van der Waals surface area (Å²) >= 11 is 6.14. The van der Waals surface area contributed by atoms with E-state index in [2.05, 4.69) is 10.3 Å². The number of hydrogen-bond acceptors (Lipinski definition) is 4. The van der Waals surface area contributed by atoms with Crippen molar-refractivity contribution in [3.8, 4) is 11.3 Å². The average Bonchev–Trinajstić information content (AvgIpc) is 3.33. The van der Waals surface area contributed by atoms with Crippen LogP contribution in [0.4, 0.5) is 0 Å². The number of aliphatic hydroxyl groups excluding tert-OH is 1. The summed E-state index contributed by atoms with van der Waals surface area (Å²) < 4.78 is 5.69. The average molecular weight is 349 g/mol. The zero-order valence-electron chi connectivity index (χ0n) is 13.6. The largest absolute Gasteiger partial charge is 0.441 e. The molecule has 1 amide bonds. The zero-order chi connectivity index (χ0) is 17.2. The molecule has 0 saturated heterocycles. The van der Waals surface area contributed by atoms with Crippen LogP contribution in [0.2, 0.25) is 5.02 Å². The van der Waals surface area contributed by atoms with Gasteiger partial charge in [0.05, 0.1) is 23.4 Å². The maximum Gasteiger partial charge on any atom is 0.221 e. The summed E-state index contributed by atoms with van der Waals surface area (Å²) in [4.78, 5) is 16.4. The SMILES string of the molecule is CC(CO)(NC(=O)CCc1ncc(-c2ccccc2Cl)o1)C1CC1. The van der Waals surface area contributed by atoms with Crippen LogP contribution in [0.25, 0.3) is 11.3 Å². The Balaban J connectivity index is 1.57. The lowest BCUT2D eigenvalue weighted by molar-refractivity contribution is -0.123. The van der Waals surface area contributed by atoms with Crippen LogP contribution in [0.5, 0.6) is 0 Å². The monoisotopic (exact) mass is 348 g/mol. The standard InChI is InChI=1S/C18H21ClN2O3/c1-18(11-22,12-6-7-12)21-16(23)8-9-17-20-10-15(24-17)13-4-2-3-5-14(13)19/h2-5,10,12,22H,6-9,11H2,1H3,(H,21,23). The predicted octanol–water partition coefficient (Wildman–Crippen LogP) is 3.20. The fourth-order valence-electron chi connectivity index (χ4n) is 2.80. The second kappa shape index (κ2) is 6.95. The number of oxazole rings is 1. The van der Waals surface area contributed by atoms with E-state index in [0.29, 0.717) is 29.0 Å². The number of rotatable bonds is 7. The van der Waals surface area contributed by atoms with Crippen LogP contribution in [0.15, 0.2) is 34.9 Å². The molecule has 1 heterocycles. The van der Waals surface area contributed by atoms with Crippen LogP contribution in [0.1, 0.15) is 32.1 Å². The van der Waals surface area contributed by atoms with Gasteiger partial charge in [-0.2, -0.15) is 0 Å². The molecular weight excluding hydrogens is 328 g/mol. The first-order valence-corrected chi connectivity index (χ1v) is 8.51. The van der Waals surface area contributed by atoms with Crippen molar-refractivity contribution in [1.82, 2.24) is 10.3 Å². The van der Waals surface area contributed by atoms with Gasteiger partial charge in [0, 0.05) is 18.4 Å². The molecule has 1 saturated carbocycles. The number of nitrogens with one attached hydrogen (secondary N) is 1. The van der Waals surface area contributed by atoms with Crippen molar-refractivity contribution in [1.29, 1.82) is 0 Å². The van der Waals surface area contributed by atoms with E-state index in [1.54, 1.807) is 12.3 Å². The minimum Gasteiger partial charge on any atom is -0.441 e. The number of halogens is 1. The molecule has 3 rings (SSSR count). The first kappa shape index (κ1) is 17.0. The molecule has 1 fully saturated rings. The van der Waals surface area contributed by atoms with Crippen LogP contribution >= 0.6 is 11.6 Å². The first-order chi connectivity index (χ1) is 11.5. The molecule has 1 unspecified atom stereocenters. The summed E-state index contributed by atoms with van der Waals surface area (Å²) in [6.07, 6.45) is 4.40. The van der Waals surface area contributed by atoms with Gasteiger partial charge in [-0.3, -0.25) is 4.79 Å². The van der Waals surface area contributed by atoms with Gasteiger partial charge in [-0.1, -0.05) is 23.7 Å². The lowest BCUT2D eigenvalue weighted by Crippen LogP contribution is -2.50. The maximum absolute atomic E-state index is 12.1. The fourth-order valence-corrected chi connectivity index (χ4v) is 3.03. The quantitative estimate of drug-likeness (QED) is 0.805. The van der Waals surface area contributed by atoms with Gasteiger partial charge in [0.15, 0.2) is 11.7 Å². The molecule has 5 nitrogen and oxygen atoms in total. The van der Waals surface area contributed by atoms with Gasteiger partial charge in [-0.15, -0.1) is 0 Å². The van der Waals surface area contributed by atoms with Gasteiger partial charge < -0.3 is 14.8 Å². The van der Waals surface area contributed by atoms with Crippen molar-refractivity contribution in [2.24, 2.45) is 5.92 Å². The Kier molecular flexibility index (Phi) is 4.92. The number of amides is 1. The zero-order valence-corrected chi connectivity index (χ0v) is 14.3. The van der Waals surface area contributed by atoms with E-state index in [-0.39, 0.29) is 18.9 Å². The third-order valence-electron chi connectivity index (χ3n) is 4.49. The van der Waals surface area contributed by atoms with Crippen molar-refractivity contribution >= 4 is 17.5 Å². The fraction of sp³-hybridized carbons (Fsp3) is 0.444. The summed E-state index contributed by atoms with van der Waals surface area (Å²) in [5.41, 5.74) is 0.264. The summed E-state index contributed by atoms with van der Waals surface area (Å²) in [5.74, 6) is 1.36. The third kappa shape index (κ3) is 3.79. The molecule has 2 aromatic rings. The molecule has 0 spiro atoms.